The number of hydrogen-bond donors (Lipinski definition) is 0. The van der Waals surface area contributed by atoms with E-state index < -0.39 is 33.7 Å². The van der Waals surface area contributed by atoms with Crippen molar-refractivity contribution in [1.29, 1.82) is 0 Å². The number of methoxy groups -OCH3 is 1. The molecule has 1 aromatic rings. The first-order valence-corrected chi connectivity index (χ1v) is 6.09. The highest BCUT2D eigenvalue weighted by Gasteiger charge is 2.20. The van der Waals surface area contributed by atoms with Gasteiger partial charge in [-0.25, -0.2) is 8.78 Å². The van der Waals surface area contributed by atoms with Crippen LogP contribution in [0.3, 0.4) is 0 Å². The third-order valence-corrected chi connectivity index (χ3v) is 3.80. The number of hydrogen-bond acceptors (Lipinski definition) is 3. The van der Waals surface area contributed by atoms with Gasteiger partial charge in [-0.05, 0) is 25.1 Å². The third kappa shape index (κ3) is 3.59. The minimum Gasteiger partial charge on any atom is -0.469 e. The minimum atomic E-state index is -1.79. The fraction of sp³-hybridized carbons (Fsp3) is 0.364. The van der Waals surface area contributed by atoms with Gasteiger partial charge in [0.25, 0.3) is 0 Å². The molecule has 1 aromatic carbocycles. The molecule has 1 rings (SSSR count). The number of carbonyl (C=O) groups excluding carboxylic acids is 1. The Labute approximate surface area is 100 Å². The van der Waals surface area contributed by atoms with E-state index in [0.29, 0.717) is 0 Å². The van der Waals surface area contributed by atoms with Crippen molar-refractivity contribution < 1.29 is 22.5 Å². The summed E-state index contributed by atoms with van der Waals surface area (Å²) in [6.07, 6.45) is -0.112. The summed E-state index contributed by atoms with van der Waals surface area (Å²) in [4.78, 5) is 10.8. The Hall–Kier alpha value is -1.30. The predicted molar refractivity (Wildman–Crippen MR) is 58.9 cm³/mol. The molecule has 6 heteroatoms. The van der Waals surface area contributed by atoms with Crippen LogP contribution in [0.1, 0.15) is 13.3 Å². The molecule has 0 aliphatic rings. The lowest BCUT2D eigenvalue weighted by molar-refractivity contribution is -0.140. The van der Waals surface area contributed by atoms with Gasteiger partial charge in [0.1, 0.15) is 11.6 Å². The Bertz CT molecular complexity index is 448. The van der Waals surface area contributed by atoms with E-state index in [9.17, 15) is 17.8 Å². The lowest BCUT2D eigenvalue weighted by Gasteiger charge is -2.10. The number of halogens is 2. The van der Waals surface area contributed by atoms with Crippen molar-refractivity contribution in [3.05, 3.63) is 29.8 Å². The van der Waals surface area contributed by atoms with E-state index in [4.69, 9.17) is 0 Å². The van der Waals surface area contributed by atoms with Gasteiger partial charge in [0.2, 0.25) is 0 Å². The summed E-state index contributed by atoms with van der Waals surface area (Å²) in [6, 6.07) is 2.73. The van der Waals surface area contributed by atoms with Crippen LogP contribution in [0, 0.1) is 11.6 Å². The summed E-state index contributed by atoms with van der Waals surface area (Å²) in [5, 5.41) is -0.640. The first-order chi connectivity index (χ1) is 7.95. The van der Waals surface area contributed by atoms with Crippen LogP contribution in [0.4, 0.5) is 8.78 Å². The first kappa shape index (κ1) is 13.8. The van der Waals surface area contributed by atoms with Crippen molar-refractivity contribution >= 4 is 16.8 Å². The summed E-state index contributed by atoms with van der Waals surface area (Å²) < 4.78 is 42.5. The molecular weight excluding hydrogens is 250 g/mol. The molecule has 17 heavy (non-hydrogen) atoms. The zero-order valence-corrected chi connectivity index (χ0v) is 10.2. The molecule has 0 amide bonds. The highest BCUT2D eigenvalue weighted by molar-refractivity contribution is 7.85. The summed E-state index contributed by atoms with van der Waals surface area (Å²) in [7, 11) is -0.579. The van der Waals surface area contributed by atoms with E-state index in [-0.39, 0.29) is 11.3 Å². The molecule has 94 valence electrons. The molecule has 0 spiro atoms. The molecule has 0 N–H and O–H groups in total. The molecule has 0 saturated carbocycles. The quantitative estimate of drug-likeness (QED) is 0.780. The lowest BCUT2D eigenvalue weighted by Crippen LogP contribution is -2.18. The SMILES string of the molecule is COC(=O)CC(C)S(=O)c1cc(F)ccc1F. The van der Waals surface area contributed by atoms with Crippen LogP contribution >= 0.6 is 0 Å². The molecule has 0 aliphatic carbocycles. The molecule has 0 heterocycles. The Morgan fingerprint density at radius 3 is 2.71 bits per heavy atom. The molecular formula is C11H12F2O3S. The van der Waals surface area contributed by atoms with Crippen molar-refractivity contribution in [1.82, 2.24) is 0 Å². The number of esters is 1. The van der Waals surface area contributed by atoms with Crippen LogP contribution in [0.15, 0.2) is 23.1 Å². The monoisotopic (exact) mass is 262 g/mol. The highest BCUT2D eigenvalue weighted by Crippen LogP contribution is 2.18. The van der Waals surface area contributed by atoms with Crippen LogP contribution < -0.4 is 0 Å². The van der Waals surface area contributed by atoms with Gasteiger partial charge in [-0.1, -0.05) is 0 Å². The zero-order valence-electron chi connectivity index (χ0n) is 9.41. The van der Waals surface area contributed by atoms with Crippen molar-refractivity contribution in [2.45, 2.75) is 23.5 Å². The van der Waals surface area contributed by atoms with Gasteiger partial charge in [0, 0.05) is 5.25 Å². The van der Waals surface area contributed by atoms with Gasteiger partial charge in [-0.3, -0.25) is 9.00 Å². The van der Waals surface area contributed by atoms with Gasteiger partial charge in [0.05, 0.1) is 29.2 Å². The maximum Gasteiger partial charge on any atom is 0.306 e. The van der Waals surface area contributed by atoms with Crippen molar-refractivity contribution in [3.8, 4) is 0 Å². The van der Waals surface area contributed by atoms with E-state index in [1.54, 1.807) is 0 Å². The van der Waals surface area contributed by atoms with Crippen molar-refractivity contribution in [3.63, 3.8) is 0 Å². The molecule has 0 fully saturated rings. The normalized spacial score (nSPS) is 14.1. The average Bonchev–Trinajstić information content (AvgIpc) is 2.31. The Morgan fingerprint density at radius 2 is 2.12 bits per heavy atom. The number of benzene rings is 1. The minimum absolute atomic E-state index is 0.112. The van der Waals surface area contributed by atoms with Gasteiger partial charge >= 0.3 is 5.97 Å². The van der Waals surface area contributed by atoms with E-state index in [1.165, 1.54) is 14.0 Å². The van der Waals surface area contributed by atoms with Crippen molar-refractivity contribution in [2.75, 3.05) is 7.11 Å². The number of rotatable bonds is 4. The maximum atomic E-state index is 13.3. The standard InChI is InChI=1S/C11H12F2O3S/c1-7(5-11(14)16-2)17(15)10-6-8(12)3-4-9(10)13/h3-4,6-7H,5H2,1-2H3. The topological polar surface area (TPSA) is 43.4 Å². The molecule has 0 aliphatic heterocycles. The second kappa shape index (κ2) is 5.86. The highest BCUT2D eigenvalue weighted by atomic mass is 32.2. The number of carbonyl (C=O) groups is 1. The summed E-state index contributed by atoms with van der Waals surface area (Å²) in [5.74, 6) is -1.95. The second-order valence-corrected chi connectivity index (χ2v) is 5.30. The fourth-order valence-electron chi connectivity index (χ4n) is 1.24. The number of ether oxygens (including phenoxy) is 1. The van der Waals surface area contributed by atoms with E-state index in [1.807, 2.05) is 0 Å². The van der Waals surface area contributed by atoms with Crippen LogP contribution in [-0.4, -0.2) is 22.5 Å². The molecule has 0 saturated heterocycles. The largest absolute Gasteiger partial charge is 0.469 e. The molecule has 0 bridgehead atoms. The Morgan fingerprint density at radius 1 is 1.47 bits per heavy atom. The van der Waals surface area contributed by atoms with Crippen LogP contribution in [0.2, 0.25) is 0 Å². The predicted octanol–water partition coefficient (Wildman–Crippen LogP) is 2.02. The van der Waals surface area contributed by atoms with Gasteiger partial charge in [-0.2, -0.15) is 0 Å². The third-order valence-electron chi connectivity index (χ3n) is 2.16. The molecule has 2 atom stereocenters. The smallest absolute Gasteiger partial charge is 0.306 e. The van der Waals surface area contributed by atoms with Gasteiger partial charge in [0.15, 0.2) is 0 Å². The van der Waals surface area contributed by atoms with Crippen LogP contribution in [0.5, 0.6) is 0 Å². The van der Waals surface area contributed by atoms with Crippen LogP contribution in [0.25, 0.3) is 0 Å². The lowest BCUT2D eigenvalue weighted by atomic mass is 10.3. The van der Waals surface area contributed by atoms with Gasteiger partial charge < -0.3 is 4.74 Å². The Kier molecular flexibility index (Phi) is 4.74. The van der Waals surface area contributed by atoms with Gasteiger partial charge in [-0.15, -0.1) is 0 Å². The molecule has 0 radical (unpaired) electrons. The average molecular weight is 262 g/mol. The van der Waals surface area contributed by atoms with E-state index >= 15 is 0 Å². The fourth-order valence-corrected chi connectivity index (χ4v) is 2.45. The molecule has 0 aromatic heterocycles. The van der Waals surface area contributed by atoms with Crippen molar-refractivity contribution in [2.24, 2.45) is 0 Å². The summed E-state index contributed by atoms with van der Waals surface area (Å²) >= 11 is 0. The second-order valence-electron chi connectivity index (χ2n) is 3.46. The first-order valence-electron chi connectivity index (χ1n) is 4.88. The Balaban J connectivity index is 2.88. The molecule has 2 unspecified atom stereocenters. The van der Waals surface area contributed by atoms with E-state index in [0.717, 1.165) is 18.2 Å². The maximum absolute atomic E-state index is 13.3. The summed E-state index contributed by atoms with van der Waals surface area (Å²) in [5.41, 5.74) is 0. The van der Waals surface area contributed by atoms with Crippen LogP contribution in [-0.2, 0) is 20.3 Å². The van der Waals surface area contributed by atoms with E-state index in [2.05, 4.69) is 4.74 Å². The zero-order chi connectivity index (χ0) is 13.0. The molecule has 3 nitrogen and oxygen atoms in total. The summed E-state index contributed by atoms with van der Waals surface area (Å²) in [6.45, 7) is 1.51.